The van der Waals surface area contributed by atoms with Gasteiger partial charge < -0.3 is 11.1 Å². The van der Waals surface area contributed by atoms with Gasteiger partial charge in [-0.25, -0.2) is 0 Å². The molecule has 0 aliphatic rings. The van der Waals surface area contributed by atoms with Crippen LogP contribution in [0.25, 0.3) is 0 Å². The summed E-state index contributed by atoms with van der Waals surface area (Å²) in [6, 6.07) is 2.99. The minimum atomic E-state index is -4.54. The van der Waals surface area contributed by atoms with E-state index in [2.05, 4.69) is 11.9 Å². The molecule has 21 heavy (non-hydrogen) atoms. The highest BCUT2D eigenvalue weighted by atomic mass is 19.4. The zero-order valence-electron chi connectivity index (χ0n) is 11.1. The van der Waals surface area contributed by atoms with Gasteiger partial charge in [0.05, 0.1) is 5.56 Å². The van der Waals surface area contributed by atoms with Crippen LogP contribution in [0.15, 0.2) is 36.9 Å². The molecule has 0 aliphatic carbocycles. The number of hydrogen-bond donors (Lipinski definition) is 2. The van der Waals surface area contributed by atoms with E-state index in [-0.39, 0.29) is 12.0 Å². The van der Waals surface area contributed by atoms with Gasteiger partial charge in [0, 0.05) is 5.56 Å². The summed E-state index contributed by atoms with van der Waals surface area (Å²) in [7, 11) is 0. The molecule has 0 heterocycles. The molecule has 0 aromatic heterocycles. The molecule has 0 saturated carbocycles. The third-order valence-corrected chi connectivity index (χ3v) is 2.76. The zero-order valence-corrected chi connectivity index (χ0v) is 11.1. The molecule has 1 aromatic carbocycles. The summed E-state index contributed by atoms with van der Waals surface area (Å²) in [6.07, 6.45) is -2.31. The molecule has 4 nitrogen and oxygen atoms in total. The normalized spacial score (nSPS) is 12.5. The zero-order chi connectivity index (χ0) is 16.0. The van der Waals surface area contributed by atoms with Crippen molar-refractivity contribution in [3.63, 3.8) is 0 Å². The Morgan fingerprint density at radius 3 is 2.57 bits per heavy atom. The van der Waals surface area contributed by atoms with E-state index in [0.29, 0.717) is 6.42 Å². The summed E-state index contributed by atoms with van der Waals surface area (Å²) in [5, 5.41) is 2.32. The van der Waals surface area contributed by atoms with Crippen LogP contribution < -0.4 is 11.1 Å². The third-order valence-electron chi connectivity index (χ3n) is 2.76. The van der Waals surface area contributed by atoms with Crippen LogP contribution in [0.3, 0.4) is 0 Å². The average Bonchev–Trinajstić information content (AvgIpc) is 2.42. The van der Waals surface area contributed by atoms with Crippen LogP contribution in [0.2, 0.25) is 0 Å². The molecule has 0 saturated heterocycles. The Hall–Kier alpha value is -2.31. The first-order valence-electron chi connectivity index (χ1n) is 6.14. The molecule has 2 amide bonds. The predicted molar refractivity (Wildman–Crippen MR) is 71.3 cm³/mol. The molecule has 3 N–H and O–H groups in total. The van der Waals surface area contributed by atoms with Crippen LogP contribution in [0.4, 0.5) is 13.2 Å². The van der Waals surface area contributed by atoms with E-state index < -0.39 is 29.6 Å². The lowest BCUT2D eigenvalue weighted by Gasteiger charge is -2.15. The van der Waals surface area contributed by atoms with Gasteiger partial charge in [0.1, 0.15) is 6.04 Å². The lowest BCUT2D eigenvalue weighted by atomic mass is 10.1. The Labute approximate surface area is 119 Å². The standard InChI is InChI=1S/C14H15F3N2O2/c1-2-3-7-11(12(18)20)19-13(21)9-5-4-6-10(8-9)14(15,16)17/h2,4-6,8,11H,1,3,7H2,(H2,18,20)(H,19,21)/t11-/m1/s1. The number of rotatable bonds is 6. The van der Waals surface area contributed by atoms with Crippen molar-refractivity contribution in [2.75, 3.05) is 0 Å². The number of nitrogens with two attached hydrogens (primary N) is 1. The second kappa shape index (κ2) is 6.92. The average molecular weight is 300 g/mol. The monoisotopic (exact) mass is 300 g/mol. The molecule has 0 fully saturated rings. The SMILES string of the molecule is C=CCC[C@@H](NC(=O)c1cccc(C(F)(F)F)c1)C(N)=O. The lowest BCUT2D eigenvalue weighted by molar-refractivity contribution is -0.137. The Bertz CT molecular complexity index is 541. The number of halogens is 3. The summed E-state index contributed by atoms with van der Waals surface area (Å²) in [5.74, 6) is -1.54. The Morgan fingerprint density at radius 2 is 2.05 bits per heavy atom. The maximum absolute atomic E-state index is 12.6. The van der Waals surface area contributed by atoms with E-state index in [1.54, 1.807) is 6.08 Å². The van der Waals surface area contributed by atoms with Crippen molar-refractivity contribution in [3.8, 4) is 0 Å². The van der Waals surface area contributed by atoms with Gasteiger partial charge in [0.15, 0.2) is 0 Å². The van der Waals surface area contributed by atoms with Crippen molar-refractivity contribution in [1.29, 1.82) is 0 Å². The van der Waals surface area contributed by atoms with Gasteiger partial charge in [-0.1, -0.05) is 12.1 Å². The van der Waals surface area contributed by atoms with Gasteiger partial charge in [-0.2, -0.15) is 13.2 Å². The third kappa shape index (κ3) is 4.94. The van der Waals surface area contributed by atoms with E-state index >= 15 is 0 Å². The highest BCUT2D eigenvalue weighted by Gasteiger charge is 2.31. The maximum atomic E-state index is 12.6. The summed E-state index contributed by atoms with van der Waals surface area (Å²) >= 11 is 0. The molecule has 0 radical (unpaired) electrons. The number of carbonyl (C=O) groups excluding carboxylic acids is 2. The Morgan fingerprint density at radius 1 is 1.38 bits per heavy atom. The molecule has 114 valence electrons. The number of allylic oxidation sites excluding steroid dienone is 1. The first-order valence-corrected chi connectivity index (χ1v) is 6.14. The fraction of sp³-hybridized carbons (Fsp3) is 0.286. The fourth-order valence-electron chi connectivity index (χ4n) is 1.65. The van der Waals surface area contributed by atoms with Gasteiger partial charge in [-0.3, -0.25) is 9.59 Å². The topological polar surface area (TPSA) is 72.2 Å². The first kappa shape index (κ1) is 16.7. The van der Waals surface area contributed by atoms with Crippen LogP contribution in [0.1, 0.15) is 28.8 Å². The Kier molecular flexibility index (Phi) is 5.52. The van der Waals surface area contributed by atoms with Gasteiger partial charge in [-0.05, 0) is 31.0 Å². The number of nitrogens with one attached hydrogen (secondary N) is 1. The van der Waals surface area contributed by atoms with Crippen LogP contribution in [-0.4, -0.2) is 17.9 Å². The quantitative estimate of drug-likeness (QED) is 0.791. The van der Waals surface area contributed by atoms with E-state index in [1.807, 2.05) is 0 Å². The first-order chi connectivity index (χ1) is 9.75. The molecule has 1 aromatic rings. The molecule has 1 atom stereocenters. The van der Waals surface area contributed by atoms with Gasteiger partial charge in [0.2, 0.25) is 5.91 Å². The van der Waals surface area contributed by atoms with Crippen LogP contribution in [-0.2, 0) is 11.0 Å². The van der Waals surface area contributed by atoms with Crippen molar-refractivity contribution in [2.24, 2.45) is 5.73 Å². The lowest BCUT2D eigenvalue weighted by Crippen LogP contribution is -2.44. The number of hydrogen-bond acceptors (Lipinski definition) is 2. The molecule has 0 spiro atoms. The van der Waals surface area contributed by atoms with Crippen LogP contribution >= 0.6 is 0 Å². The second-order valence-electron chi connectivity index (χ2n) is 4.37. The van der Waals surface area contributed by atoms with Crippen LogP contribution in [0, 0.1) is 0 Å². The molecule has 0 unspecified atom stereocenters. The predicted octanol–water partition coefficient (Wildman–Crippen LogP) is 2.26. The van der Waals surface area contributed by atoms with Crippen molar-refractivity contribution in [1.82, 2.24) is 5.32 Å². The number of primary amides is 1. The molecular formula is C14H15F3N2O2. The summed E-state index contributed by atoms with van der Waals surface area (Å²) in [5.41, 5.74) is 4.02. The smallest absolute Gasteiger partial charge is 0.368 e. The number of benzene rings is 1. The molecule has 7 heteroatoms. The largest absolute Gasteiger partial charge is 0.416 e. The highest BCUT2D eigenvalue weighted by Crippen LogP contribution is 2.29. The summed E-state index contributed by atoms with van der Waals surface area (Å²) < 4.78 is 37.7. The van der Waals surface area contributed by atoms with Gasteiger partial charge >= 0.3 is 6.18 Å². The van der Waals surface area contributed by atoms with E-state index in [9.17, 15) is 22.8 Å². The van der Waals surface area contributed by atoms with Gasteiger partial charge in [-0.15, -0.1) is 6.58 Å². The fourth-order valence-corrected chi connectivity index (χ4v) is 1.65. The van der Waals surface area contributed by atoms with Crippen molar-refractivity contribution >= 4 is 11.8 Å². The Balaban J connectivity index is 2.87. The second-order valence-corrected chi connectivity index (χ2v) is 4.37. The van der Waals surface area contributed by atoms with Crippen molar-refractivity contribution in [3.05, 3.63) is 48.0 Å². The number of amides is 2. The summed E-state index contributed by atoms with van der Waals surface area (Å²) in [6.45, 7) is 3.48. The molecule has 0 aliphatic heterocycles. The molecular weight excluding hydrogens is 285 g/mol. The van der Waals surface area contributed by atoms with E-state index in [4.69, 9.17) is 5.73 Å². The van der Waals surface area contributed by atoms with Crippen molar-refractivity contribution < 1.29 is 22.8 Å². The van der Waals surface area contributed by atoms with Crippen molar-refractivity contribution in [2.45, 2.75) is 25.1 Å². The van der Waals surface area contributed by atoms with E-state index in [1.165, 1.54) is 6.07 Å². The molecule has 1 rings (SSSR count). The van der Waals surface area contributed by atoms with E-state index in [0.717, 1.165) is 18.2 Å². The van der Waals surface area contributed by atoms with Gasteiger partial charge in [0.25, 0.3) is 5.91 Å². The number of alkyl halides is 3. The maximum Gasteiger partial charge on any atom is 0.416 e. The van der Waals surface area contributed by atoms with Crippen LogP contribution in [0.5, 0.6) is 0 Å². The summed E-state index contributed by atoms with van der Waals surface area (Å²) in [4.78, 5) is 23.1. The highest BCUT2D eigenvalue weighted by molar-refractivity contribution is 5.97. The minimum absolute atomic E-state index is 0.185. The molecule has 0 bridgehead atoms. The minimum Gasteiger partial charge on any atom is -0.368 e. The number of carbonyl (C=O) groups is 2.